The van der Waals surface area contributed by atoms with Crippen LogP contribution in [0.1, 0.15) is 47.7 Å². The van der Waals surface area contributed by atoms with Gasteiger partial charge in [0, 0.05) is 18.2 Å². The predicted octanol–water partition coefficient (Wildman–Crippen LogP) is 6.37. The largest absolute Gasteiger partial charge is 0.489 e. The molecule has 0 aliphatic carbocycles. The Morgan fingerprint density at radius 3 is 2.58 bits per heavy atom. The molecule has 0 bridgehead atoms. The van der Waals surface area contributed by atoms with E-state index < -0.39 is 11.6 Å². The first-order valence-corrected chi connectivity index (χ1v) is 13.5. The number of imidazole rings is 1. The van der Waals surface area contributed by atoms with Gasteiger partial charge in [-0.05, 0) is 86.7 Å². The smallest absolute Gasteiger partial charge is 0.132 e. The van der Waals surface area contributed by atoms with E-state index in [2.05, 4.69) is 40.7 Å². The van der Waals surface area contributed by atoms with Crippen LogP contribution in [0.4, 0.5) is 8.78 Å². The lowest BCUT2D eigenvalue weighted by Gasteiger charge is -2.33. The fourth-order valence-electron chi connectivity index (χ4n) is 5.58. The van der Waals surface area contributed by atoms with Crippen molar-refractivity contribution in [2.45, 2.75) is 57.9 Å². The van der Waals surface area contributed by atoms with E-state index in [1.165, 1.54) is 23.2 Å². The van der Waals surface area contributed by atoms with Gasteiger partial charge in [0.1, 0.15) is 29.8 Å². The lowest BCUT2D eigenvalue weighted by Crippen LogP contribution is -2.35. The zero-order valence-corrected chi connectivity index (χ0v) is 21.7. The van der Waals surface area contributed by atoms with E-state index in [1.807, 2.05) is 18.2 Å². The third-order valence-corrected chi connectivity index (χ3v) is 7.87. The second-order valence-corrected chi connectivity index (χ2v) is 10.5. The number of rotatable bonds is 8. The number of benzene rings is 3. The summed E-state index contributed by atoms with van der Waals surface area (Å²) in [6.45, 7) is 6.64. The van der Waals surface area contributed by atoms with Crippen molar-refractivity contribution in [3.05, 3.63) is 94.8 Å². The van der Waals surface area contributed by atoms with Gasteiger partial charge in [0.25, 0.3) is 0 Å². The molecule has 1 atom stereocenters. The highest BCUT2D eigenvalue weighted by molar-refractivity contribution is 5.77. The first-order valence-electron chi connectivity index (χ1n) is 13.5. The second-order valence-electron chi connectivity index (χ2n) is 10.5. The van der Waals surface area contributed by atoms with Crippen molar-refractivity contribution in [1.29, 1.82) is 0 Å². The topological polar surface area (TPSA) is 39.5 Å². The number of aryl methyl sites for hydroxylation is 1. The minimum Gasteiger partial charge on any atom is -0.489 e. The molecule has 0 N–H and O–H groups in total. The Kier molecular flexibility index (Phi) is 7.13. The van der Waals surface area contributed by atoms with E-state index in [1.54, 1.807) is 0 Å². The Morgan fingerprint density at radius 2 is 1.82 bits per heavy atom. The number of aromatic nitrogens is 2. The standard InChI is InChI=1S/C31H33F2N3O2/c1-21-6-9-28-29(16-21)36(18-25-12-15-37-25)31(34-28)19-35-13-10-22(11-14-35)26-4-2-3-5-30(26)38-20-23-7-8-24(32)17-27(23)33/h2-9,16-17,22,25H,10-15,18-20H2,1H3/t25-/m0/s1. The molecule has 198 valence electrons. The molecular formula is C31H33F2N3O2. The molecular weight excluding hydrogens is 484 g/mol. The maximum absolute atomic E-state index is 14.1. The molecule has 7 heteroatoms. The molecule has 3 aromatic carbocycles. The van der Waals surface area contributed by atoms with Gasteiger partial charge in [-0.25, -0.2) is 13.8 Å². The van der Waals surface area contributed by atoms with Gasteiger partial charge in [-0.3, -0.25) is 4.90 Å². The van der Waals surface area contributed by atoms with Crippen LogP contribution in [0.25, 0.3) is 11.0 Å². The summed E-state index contributed by atoms with van der Waals surface area (Å²) in [5, 5.41) is 0. The Bertz CT molecular complexity index is 1420. The van der Waals surface area contributed by atoms with Crippen LogP contribution in [0, 0.1) is 18.6 Å². The summed E-state index contributed by atoms with van der Waals surface area (Å²) in [4.78, 5) is 7.49. The van der Waals surface area contributed by atoms with Crippen molar-refractivity contribution in [2.75, 3.05) is 19.7 Å². The molecule has 5 nitrogen and oxygen atoms in total. The summed E-state index contributed by atoms with van der Waals surface area (Å²) in [6.07, 6.45) is 3.40. The third-order valence-electron chi connectivity index (χ3n) is 7.87. The molecule has 2 saturated heterocycles. The third kappa shape index (κ3) is 5.31. The van der Waals surface area contributed by atoms with Crippen LogP contribution in [0.15, 0.2) is 60.7 Å². The summed E-state index contributed by atoms with van der Waals surface area (Å²) < 4.78 is 41.5. The molecule has 2 fully saturated rings. The van der Waals surface area contributed by atoms with Crippen molar-refractivity contribution in [3.8, 4) is 5.75 Å². The van der Waals surface area contributed by atoms with Crippen molar-refractivity contribution in [3.63, 3.8) is 0 Å². The van der Waals surface area contributed by atoms with Crippen LogP contribution in [-0.4, -0.2) is 40.3 Å². The van der Waals surface area contributed by atoms with E-state index in [4.69, 9.17) is 14.5 Å². The fraction of sp³-hybridized carbons (Fsp3) is 0.387. The van der Waals surface area contributed by atoms with Crippen LogP contribution < -0.4 is 4.74 Å². The molecule has 0 radical (unpaired) electrons. The van der Waals surface area contributed by atoms with Crippen LogP contribution in [0.5, 0.6) is 5.75 Å². The summed E-state index contributed by atoms with van der Waals surface area (Å²) >= 11 is 0. The molecule has 6 rings (SSSR count). The van der Waals surface area contributed by atoms with Crippen molar-refractivity contribution in [2.24, 2.45) is 0 Å². The number of hydrogen-bond donors (Lipinski definition) is 0. The Morgan fingerprint density at radius 1 is 1.00 bits per heavy atom. The molecule has 0 amide bonds. The van der Waals surface area contributed by atoms with Gasteiger partial charge in [0.15, 0.2) is 0 Å². The number of likely N-dealkylation sites (tertiary alicyclic amines) is 1. The quantitative estimate of drug-likeness (QED) is 0.272. The van der Waals surface area contributed by atoms with Gasteiger partial charge in [-0.1, -0.05) is 24.3 Å². The molecule has 2 aliphatic rings. The van der Waals surface area contributed by atoms with E-state index in [-0.39, 0.29) is 12.7 Å². The maximum Gasteiger partial charge on any atom is 0.132 e. The lowest BCUT2D eigenvalue weighted by atomic mass is 9.89. The van der Waals surface area contributed by atoms with Crippen molar-refractivity contribution >= 4 is 11.0 Å². The molecule has 2 aliphatic heterocycles. The molecule has 4 aromatic rings. The minimum absolute atomic E-state index is 0.0718. The van der Waals surface area contributed by atoms with Crippen molar-refractivity contribution in [1.82, 2.24) is 14.5 Å². The highest BCUT2D eigenvalue weighted by Gasteiger charge is 2.26. The second kappa shape index (κ2) is 10.8. The van der Waals surface area contributed by atoms with Gasteiger partial charge in [0.05, 0.1) is 30.2 Å². The number of hydrogen-bond acceptors (Lipinski definition) is 4. The first kappa shape index (κ1) is 25.0. The highest BCUT2D eigenvalue weighted by Crippen LogP contribution is 2.35. The number of nitrogens with zero attached hydrogens (tertiary/aromatic N) is 3. The number of halogens is 2. The van der Waals surface area contributed by atoms with Crippen LogP contribution >= 0.6 is 0 Å². The van der Waals surface area contributed by atoms with Gasteiger partial charge >= 0.3 is 0 Å². The number of piperidine rings is 1. The Balaban J connectivity index is 1.12. The number of para-hydroxylation sites is 1. The molecule has 0 unspecified atom stereocenters. The average molecular weight is 518 g/mol. The molecule has 1 aromatic heterocycles. The summed E-state index contributed by atoms with van der Waals surface area (Å²) in [5.41, 5.74) is 4.97. The Labute approximate surface area is 222 Å². The zero-order chi connectivity index (χ0) is 26.1. The van der Waals surface area contributed by atoms with Gasteiger partial charge in [-0.2, -0.15) is 0 Å². The van der Waals surface area contributed by atoms with E-state index >= 15 is 0 Å². The summed E-state index contributed by atoms with van der Waals surface area (Å²) in [5.74, 6) is 1.07. The summed E-state index contributed by atoms with van der Waals surface area (Å²) in [6, 6.07) is 18.1. The monoisotopic (exact) mass is 517 g/mol. The van der Waals surface area contributed by atoms with E-state index in [0.29, 0.717) is 11.5 Å². The molecule has 0 saturated carbocycles. The lowest BCUT2D eigenvalue weighted by molar-refractivity contribution is -0.0592. The molecule has 0 spiro atoms. The van der Waals surface area contributed by atoms with Gasteiger partial charge in [0.2, 0.25) is 0 Å². The fourth-order valence-corrected chi connectivity index (χ4v) is 5.58. The Hall–Kier alpha value is -3.29. The molecule has 38 heavy (non-hydrogen) atoms. The maximum atomic E-state index is 14.1. The SMILES string of the molecule is Cc1ccc2nc(CN3CCC(c4ccccc4OCc4ccc(F)cc4F)CC3)n(C[C@@H]3CCO3)c2c1. The first-order chi connectivity index (χ1) is 18.5. The van der Waals surface area contributed by atoms with Gasteiger partial charge in [-0.15, -0.1) is 0 Å². The zero-order valence-electron chi connectivity index (χ0n) is 21.7. The van der Waals surface area contributed by atoms with Crippen LogP contribution in [0.3, 0.4) is 0 Å². The number of fused-ring (bicyclic) bond motifs is 1. The average Bonchev–Trinajstić information content (AvgIpc) is 3.22. The summed E-state index contributed by atoms with van der Waals surface area (Å²) in [7, 11) is 0. The predicted molar refractivity (Wildman–Crippen MR) is 143 cm³/mol. The van der Waals surface area contributed by atoms with Crippen LogP contribution in [0.2, 0.25) is 0 Å². The minimum atomic E-state index is -0.583. The van der Waals surface area contributed by atoms with Gasteiger partial charge < -0.3 is 14.0 Å². The van der Waals surface area contributed by atoms with E-state index in [9.17, 15) is 8.78 Å². The molecule has 3 heterocycles. The number of ether oxygens (including phenoxy) is 2. The highest BCUT2D eigenvalue weighted by atomic mass is 19.1. The van der Waals surface area contributed by atoms with Crippen molar-refractivity contribution < 1.29 is 18.3 Å². The van der Waals surface area contributed by atoms with Crippen LogP contribution in [-0.2, 0) is 24.4 Å². The van der Waals surface area contributed by atoms with E-state index in [0.717, 1.165) is 80.8 Å². The normalized spacial score (nSPS) is 18.6.